The van der Waals surface area contributed by atoms with Gasteiger partial charge in [0.1, 0.15) is 0 Å². The smallest absolute Gasteiger partial charge is 0.306 e. The molecule has 0 radical (unpaired) electrons. The summed E-state index contributed by atoms with van der Waals surface area (Å²) in [5.74, 6) is -1.57. The van der Waals surface area contributed by atoms with Crippen molar-refractivity contribution in [2.24, 2.45) is 11.7 Å². The monoisotopic (exact) mass is 426 g/mol. The number of carbonyl (C=O) groups excluding carboxylic acids is 4. The fraction of sp³-hybridized carbons (Fsp3) is 0.474. The Hall–Kier alpha value is -2.65. The summed E-state index contributed by atoms with van der Waals surface area (Å²) in [7, 11) is 1.28. The van der Waals surface area contributed by atoms with Crippen molar-refractivity contribution in [3.8, 4) is 0 Å². The van der Waals surface area contributed by atoms with Crippen molar-refractivity contribution in [3.63, 3.8) is 0 Å². The van der Waals surface area contributed by atoms with Crippen LogP contribution in [-0.4, -0.2) is 49.9 Å². The maximum Gasteiger partial charge on any atom is 0.306 e. The number of anilines is 1. The van der Waals surface area contributed by atoms with Crippen molar-refractivity contribution in [3.05, 3.63) is 29.8 Å². The maximum absolute atomic E-state index is 12.4. The van der Waals surface area contributed by atoms with Crippen LogP contribution in [0.5, 0.6) is 0 Å². The quantitative estimate of drug-likeness (QED) is 0.426. The summed E-state index contributed by atoms with van der Waals surface area (Å²) in [4.78, 5) is 47.4. The fourth-order valence-electron chi connectivity index (χ4n) is 2.97. The molecule has 29 heavy (non-hydrogen) atoms. The molecular formula is C19H27ClN4O5. The molecule has 0 spiro atoms. The number of ether oxygens (including phenoxy) is 1. The molecular weight excluding hydrogens is 400 g/mol. The van der Waals surface area contributed by atoms with Gasteiger partial charge < -0.3 is 26.4 Å². The molecule has 2 rings (SSSR count). The van der Waals surface area contributed by atoms with E-state index in [2.05, 4.69) is 20.7 Å². The maximum atomic E-state index is 12.4. The molecule has 1 heterocycles. The van der Waals surface area contributed by atoms with Gasteiger partial charge in [0.15, 0.2) is 0 Å². The summed E-state index contributed by atoms with van der Waals surface area (Å²) in [5.41, 5.74) is 6.31. The van der Waals surface area contributed by atoms with Gasteiger partial charge in [0.05, 0.1) is 19.4 Å². The van der Waals surface area contributed by atoms with Crippen LogP contribution in [0.25, 0.3) is 0 Å². The Labute approximate surface area is 175 Å². The summed E-state index contributed by atoms with van der Waals surface area (Å²) in [6, 6.07) is 6.36. The predicted octanol–water partition coefficient (Wildman–Crippen LogP) is 0.583. The topological polar surface area (TPSA) is 140 Å². The van der Waals surface area contributed by atoms with Gasteiger partial charge in [0, 0.05) is 30.3 Å². The van der Waals surface area contributed by atoms with Gasteiger partial charge in [-0.3, -0.25) is 19.2 Å². The number of nitrogens with two attached hydrogens (primary N) is 1. The Balaban J connectivity index is 0.00000420. The minimum Gasteiger partial charge on any atom is -0.469 e. The van der Waals surface area contributed by atoms with Crippen molar-refractivity contribution >= 4 is 41.8 Å². The molecule has 0 unspecified atom stereocenters. The van der Waals surface area contributed by atoms with Crippen LogP contribution in [-0.2, 0) is 19.1 Å². The lowest BCUT2D eigenvalue weighted by atomic mass is 10.0. The van der Waals surface area contributed by atoms with Crippen molar-refractivity contribution < 1.29 is 23.9 Å². The second-order valence-corrected chi connectivity index (χ2v) is 6.65. The normalized spacial score (nSPS) is 17.7. The third kappa shape index (κ3) is 7.71. The number of hydrogen-bond donors (Lipinski definition) is 4. The highest BCUT2D eigenvalue weighted by molar-refractivity contribution is 5.97. The van der Waals surface area contributed by atoms with Crippen LogP contribution in [0.1, 0.15) is 36.0 Å². The molecule has 1 saturated heterocycles. The highest BCUT2D eigenvalue weighted by Crippen LogP contribution is 2.19. The number of esters is 1. The molecule has 5 N–H and O–H groups in total. The zero-order valence-corrected chi connectivity index (χ0v) is 17.1. The summed E-state index contributed by atoms with van der Waals surface area (Å²) in [5, 5.41) is 8.26. The van der Waals surface area contributed by atoms with Crippen molar-refractivity contribution in [2.75, 3.05) is 25.5 Å². The number of hydrogen-bond acceptors (Lipinski definition) is 6. The van der Waals surface area contributed by atoms with Gasteiger partial charge in [-0.05, 0) is 37.6 Å². The van der Waals surface area contributed by atoms with Crippen LogP contribution in [0.4, 0.5) is 5.69 Å². The molecule has 0 saturated carbocycles. The summed E-state index contributed by atoms with van der Waals surface area (Å²) >= 11 is 0. The minimum atomic E-state index is -0.443. The van der Waals surface area contributed by atoms with E-state index in [-0.39, 0.29) is 49.1 Å². The molecule has 0 bridgehead atoms. The molecule has 1 aromatic rings. The van der Waals surface area contributed by atoms with Crippen LogP contribution in [0.15, 0.2) is 24.3 Å². The third-order valence-corrected chi connectivity index (χ3v) is 4.45. The lowest BCUT2D eigenvalue weighted by molar-refractivity contribution is -0.143. The first-order valence-corrected chi connectivity index (χ1v) is 9.18. The Bertz CT molecular complexity index is 743. The van der Waals surface area contributed by atoms with E-state index >= 15 is 0 Å². The molecule has 10 heteroatoms. The Morgan fingerprint density at radius 2 is 2.07 bits per heavy atom. The molecule has 1 fully saturated rings. The number of benzene rings is 1. The Morgan fingerprint density at radius 1 is 1.31 bits per heavy atom. The molecule has 0 aliphatic carbocycles. The van der Waals surface area contributed by atoms with Crippen molar-refractivity contribution in [1.82, 2.24) is 10.6 Å². The Kier molecular flexibility index (Phi) is 10.1. The molecule has 9 nitrogen and oxygen atoms in total. The minimum absolute atomic E-state index is 0. The average Bonchev–Trinajstić information content (AvgIpc) is 3.03. The second kappa shape index (κ2) is 12.0. The molecule has 0 aromatic heterocycles. The van der Waals surface area contributed by atoms with Crippen molar-refractivity contribution in [2.45, 2.75) is 31.7 Å². The average molecular weight is 427 g/mol. The number of methoxy groups -OCH3 is 1. The first-order chi connectivity index (χ1) is 13.4. The highest BCUT2D eigenvalue weighted by Gasteiger charge is 2.33. The second-order valence-electron chi connectivity index (χ2n) is 6.65. The van der Waals surface area contributed by atoms with Gasteiger partial charge in [-0.2, -0.15) is 0 Å². The molecule has 160 valence electrons. The summed E-state index contributed by atoms with van der Waals surface area (Å²) < 4.78 is 4.59. The number of carbonyl (C=O) groups is 4. The molecule has 1 aliphatic heterocycles. The molecule has 1 aromatic carbocycles. The van der Waals surface area contributed by atoms with E-state index in [1.807, 2.05) is 0 Å². The van der Waals surface area contributed by atoms with Crippen LogP contribution in [0.2, 0.25) is 0 Å². The highest BCUT2D eigenvalue weighted by atomic mass is 35.5. The van der Waals surface area contributed by atoms with E-state index in [1.165, 1.54) is 7.11 Å². The predicted molar refractivity (Wildman–Crippen MR) is 110 cm³/mol. The van der Waals surface area contributed by atoms with E-state index in [0.29, 0.717) is 37.1 Å². The van der Waals surface area contributed by atoms with Crippen LogP contribution >= 0.6 is 12.4 Å². The lowest BCUT2D eigenvalue weighted by Gasteiger charge is -2.12. The first-order valence-electron chi connectivity index (χ1n) is 9.18. The number of nitrogens with one attached hydrogen (secondary N) is 3. The van der Waals surface area contributed by atoms with E-state index in [9.17, 15) is 19.2 Å². The number of rotatable bonds is 9. The summed E-state index contributed by atoms with van der Waals surface area (Å²) in [6.45, 7) is 0.684. The zero-order chi connectivity index (χ0) is 20.5. The largest absolute Gasteiger partial charge is 0.469 e. The van der Waals surface area contributed by atoms with Gasteiger partial charge in [0.25, 0.3) is 5.91 Å². The Morgan fingerprint density at radius 3 is 2.76 bits per heavy atom. The number of amides is 3. The van der Waals surface area contributed by atoms with Crippen LogP contribution < -0.4 is 21.7 Å². The lowest BCUT2D eigenvalue weighted by Crippen LogP contribution is -2.38. The fourth-order valence-corrected chi connectivity index (χ4v) is 2.97. The van der Waals surface area contributed by atoms with Crippen LogP contribution in [0.3, 0.4) is 0 Å². The molecule has 3 amide bonds. The molecule has 1 aliphatic rings. The van der Waals surface area contributed by atoms with Gasteiger partial charge in [0.2, 0.25) is 11.8 Å². The molecule has 2 atom stereocenters. The van der Waals surface area contributed by atoms with Gasteiger partial charge in [-0.1, -0.05) is 6.07 Å². The van der Waals surface area contributed by atoms with E-state index in [4.69, 9.17) is 5.73 Å². The van der Waals surface area contributed by atoms with Crippen LogP contribution in [0, 0.1) is 5.92 Å². The first kappa shape index (κ1) is 24.4. The van der Waals surface area contributed by atoms with E-state index in [0.717, 1.165) is 0 Å². The van der Waals surface area contributed by atoms with Gasteiger partial charge >= 0.3 is 5.97 Å². The van der Waals surface area contributed by atoms with Gasteiger partial charge in [-0.25, -0.2) is 0 Å². The van der Waals surface area contributed by atoms with E-state index < -0.39 is 11.9 Å². The zero-order valence-electron chi connectivity index (χ0n) is 16.2. The third-order valence-electron chi connectivity index (χ3n) is 4.45. The van der Waals surface area contributed by atoms with Gasteiger partial charge in [-0.15, -0.1) is 12.4 Å². The standard InChI is InChI=1S/C19H26N4O5.ClH/c1-28-17(25)10-13-9-15(23-19(13)27)11-21-18(26)12-4-2-5-14(8-12)22-16(24)6-3-7-20;/h2,4-5,8,13,15H,3,6-7,9-11,20H2,1H3,(H,21,26)(H,22,24)(H,23,27);1H/t13-,15-;/m0./s1. The number of halogens is 1. The van der Waals surface area contributed by atoms with Crippen molar-refractivity contribution in [1.29, 1.82) is 0 Å². The van der Waals surface area contributed by atoms with E-state index in [1.54, 1.807) is 24.3 Å². The summed E-state index contributed by atoms with van der Waals surface area (Å²) in [6.07, 6.45) is 1.39. The SMILES string of the molecule is COC(=O)C[C@@H]1C[C@@H](CNC(=O)c2cccc(NC(=O)CCCN)c2)NC1=O.Cl.